The van der Waals surface area contributed by atoms with Gasteiger partial charge in [0, 0.05) is 31.5 Å². The van der Waals surface area contributed by atoms with Crippen molar-refractivity contribution >= 4 is 11.9 Å². The molecule has 29 heavy (non-hydrogen) atoms. The summed E-state index contributed by atoms with van der Waals surface area (Å²) in [5, 5.41) is 10.8. The predicted octanol–water partition coefficient (Wildman–Crippen LogP) is 2.22. The summed E-state index contributed by atoms with van der Waals surface area (Å²) in [6, 6.07) is 2.04. The average Bonchev–Trinajstić information content (AvgIpc) is 3.20. The molecule has 164 valence electrons. The summed E-state index contributed by atoms with van der Waals surface area (Å²) in [6.07, 6.45) is 6.11. The number of aromatic nitrogens is 1. The Morgan fingerprint density at radius 3 is 2.66 bits per heavy atom. The van der Waals surface area contributed by atoms with E-state index in [0.29, 0.717) is 12.5 Å². The van der Waals surface area contributed by atoms with Gasteiger partial charge in [0.1, 0.15) is 0 Å². The van der Waals surface area contributed by atoms with Crippen molar-refractivity contribution in [2.45, 2.75) is 64.8 Å². The fraction of sp³-hybridized carbons (Fsp3) is 0.762. The van der Waals surface area contributed by atoms with E-state index in [4.69, 9.17) is 10.3 Å². The van der Waals surface area contributed by atoms with Gasteiger partial charge in [0.15, 0.2) is 11.7 Å². The number of unbranched alkanes of at least 4 members (excludes halogenated alkanes) is 1. The summed E-state index contributed by atoms with van der Waals surface area (Å²) < 4.78 is 5.45. The molecule has 1 amide bonds. The van der Waals surface area contributed by atoms with Crippen molar-refractivity contribution in [3.05, 3.63) is 17.5 Å². The van der Waals surface area contributed by atoms with Crippen LogP contribution < -0.4 is 16.4 Å². The van der Waals surface area contributed by atoms with Crippen LogP contribution in [0.1, 0.15) is 69.7 Å². The predicted molar refractivity (Wildman–Crippen MR) is 116 cm³/mol. The standard InChI is InChI=1S/C21H38N6O2/c1-4-16(5-2)19-14-18(29-26-19)15-25-21(23-3)24-10-6-7-11-27-12-8-17(9-13-27)20(22)28/h14,16-17H,4-13,15H2,1-3H3,(H2,22,28)(H2,23,24,25). The molecule has 8 nitrogen and oxygen atoms in total. The van der Waals surface area contributed by atoms with Crippen LogP contribution in [0.4, 0.5) is 0 Å². The maximum absolute atomic E-state index is 11.2. The van der Waals surface area contributed by atoms with Gasteiger partial charge >= 0.3 is 0 Å². The van der Waals surface area contributed by atoms with Gasteiger partial charge in [-0.2, -0.15) is 0 Å². The maximum Gasteiger partial charge on any atom is 0.220 e. The number of hydrogen-bond donors (Lipinski definition) is 3. The first kappa shape index (κ1) is 23.2. The molecule has 8 heteroatoms. The number of nitrogens with one attached hydrogen (secondary N) is 2. The van der Waals surface area contributed by atoms with E-state index >= 15 is 0 Å². The Balaban J connectivity index is 1.59. The molecule has 1 aliphatic rings. The zero-order valence-electron chi connectivity index (χ0n) is 18.2. The van der Waals surface area contributed by atoms with Gasteiger partial charge in [0.2, 0.25) is 5.91 Å². The Bertz CT molecular complexity index is 633. The molecule has 2 heterocycles. The van der Waals surface area contributed by atoms with Crippen molar-refractivity contribution in [2.24, 2.45) is 16.6 Å². The second kappa shape index (κ2) is 12.5. The van der Waals surface area contributed by atoms with E-state index < -0.39 is 0 Å². The van der Waals surface area contributed by atoms with Gasteiger partial charge in [-0.3, -0.25) is 9.79 Å². The van der Waals surface area contributed by atoms with E-state index in [0.717, 1.165) is 82.1 Å². The molecular formula is C21H38N6O2. The average molecular weight is 407 g/mol. The first-order chi connectivity index (χ1) is 14.1. The molecule has 0 aliphatic carbocycles. The number of nitrogens with two attached hydrogens (primary N) is 1. The van der Waals surface area contributed by atoms with Gasteiger partial charge in [-0.05, 0) is 58.2 Å². The highest BCUT2D eigenvalue weighted by molar-refractivity contribution is 5.79. The van der Waals surface area contributed by atoms with Crippen LogP contribution in [0.25, 0.3) is 0 Å². The van der Waals surface area contributed by atoms with Gasteiger partial charge in [-0.1, -0.05) is 19.0 Å². The molecule has 1 saturated heterocycles. The number of hydrogen-bond acceptors (Lipinski definition) is 5. The van der Waals surface area contributed by atoms with Crippen LogP contribution >= 0.6 is 0 Å². The summed E-state index contributed by atoms with van der Waals surface area (Å²) in [4.78, 5) is 17.9. The molecule has 1 aromatic heterocycles. The lowest BCUT2D eigenvalue weighted by Crippen LogP contribution is -2.39. The molecule has 1 aromatic rings. The van der Waals surface area contributed by atoms with Crippen LogP contribution in [0.15, 0.2) is 15.6 Å². The summed E-state index contributed by atoms with van der Waals surface area (Å²) in [5.74, 6) is 1.98. The number of rotatable bonds is 11. The van der Waals surface area contributed by atoms with Crippen LogP contribution in [0.3, 0.4) is 0 Å². The molecule has 0 saturated carbocycles. The fourth-order valence-corrected chi connectivity index (χ4v) is 3.81. The number of piperidine rings is 1. The van der Waals surface area contributed by atoms with Crippen molar-refractivity contribution in [1.29, 1.82) is 0 Å². The molecular weight excluding hydrogens is 368 g/mol. The highest BCUT2D eigenvalue weighted by Crippen LogP contribution is 2.22. The Labute approximate surface area is 174 Å². The minimum Gasteiger partial charge on any atom is -0.369 e. The van der Waals surface area contributed by atoms with E-state index in [1.54, 1.807) is 7.05 Å². The Hall–Kier alpha value is -2.09. The lowest BCUT2D eigenvalue weighted by molar-refractivity contribution is -0.123. The minimum atomic E-state index is -0.148. The second-order valence-corrected chi connectivity index (χ2v) is 7.81. The first-order valence-corrected chi connectivity index (χ1v) is 11.0. The largest absolute Gasteiger partial charge is 0.369 e. The van der Waals surface area contributed by atoms with Gasteiger partial charge in [0.25, 0.3) is 0 Å². The molecule has 0 radical (unpaired) electrons. The summed E-state index contributed by atoms with van der Waals surface area (Å²) in [6.45, 7) is 8.80. The topological polar surface area (TPSA) is 109 Å². The van der Waals surface area contributed by atoms with Gasteiger partial charge in [0.05, 0.1) is 12.2 Å². The van der Waals surface area contributed by atoms with Gasteiger partial charge in [-0.15, -0.1) is 0 Å². The molecule has 0 atom stereocenters. The Kier molecular flexibility index (Phi) is 9.97. The number of amides is 1. The number of nitrogens with zero attached hydrogens (tertiary/aromatic N) is 3. The van der Waals surface area contributed by atoms with Crippen LogP contribution in [-0.4, -0.2) is 55.2 Å². The molecule has 0 unspecified atom stereocenters. The Morgan fingerprint density at radius 1 is 1.31 bits per heavy atom. The van der Waals surface area contributed by atoms with E-state index in [-0.39, 0.29) is 11.8 Å². The van der Waals surface area contributed by atoms with Crippen LogP contribution in [0.5, 0.6) is 0 Å². The lowest BCUT2D eigenvalue weighted by Gasteiger charge is -2.30. The van der Waals surface area contributed by atoms with Crippen LogP contribution in [0.2, 0.25) is 0 Å². The van der Waals surface area contributed by atoms with E-state index in [9.17, 15) is 4.79 Å². The maximum atomic E-state index is 11.2. The van der Waals surface area contributed by atoms with Crippen molar-refractivity contribution < 1.29 is 9.32 Å². The number of carbonyl (C=O) groups excluding carboxylic acids is 1. The number of likely N-dealkylation sites (tertiary alicyclic amines) is 1. The normalized spacial score (nSPS) is 16.3. The quantitative estimate of drug-likeness (QED) is 0.295. The molecule has 4 N–H and O–H groups in total. The van der Waals surface area contributed by atoms with Crippen molar-refractivity contribution in [2.75, 3.05) is 33.2 Å². The highest BCUT2D eigenvalue weighted by Gasteiger charge is 2.22. The molecule has 1 aliphatic heterocycles. The van der Waals surface area contributed by atoms with Gasteiger partial charge < -0.3 is 25.8 Å². The van der Waals surface area contributed by atoms with E-state index in [2.05, 4.69) is 39.5 Å². The van der Waals surface area contributed by atoms with E-state index in [1.165, 1.54) is 0 Å². The first-order valence-electron chi connectivity index (χ1n) is 11.0. The third kappa shape index (κ3) is 7.68. The Morgan fingerprint density at radius 2 is 2.03 bits per heavy atom. The second-order valence-electron chi connectivity index (χ2n) is 7.81. The van der Waals surface area contributed by atoms with Crippen molar-refractivity contribution in [1.82, 2.24) is 20.7 Å². The minimum absolute atomic E-state index is 0.0672. The number of carbonyl (C=O) groups is 1. The third-order valence-corrected chi connectivity index (χ3v) is 5.82. The molecule has 0 bridgehead atoms. The van der Waals surface area contributed by atoms with Gasteiger partial charge in [-0.25, -0.2) is 0 Å². The number of aliphatic imine (C=N–C) groups is 1. The third-order valence-electron chi connectivity index (χ3n) is 5.82. The number of guanidine groups is 1. The summed E-state index contributed by atoms with van der Waals surface area (Å²) >= 11 is 0. The van der Waals surface area contributed by atoms with Crippen molar-refractivity contribution in [3.8, 4) is 0 Å². The number of primary amides is 1. The molecule has 2 rings (SSSR count). The lowest BCUT2D eigenvalue weighted by atomic mass is 9.96. The zero-order valence-corrected chi connectivity index (χ0v) is 18.2. The monoisotopic (exact) mass is 406 g/mol. The van der Waals surface area contributed by atoms with Crippen molar-refractivity contribution in [3.63, 3.8) is 0 Å². The smallest absolute Gasteiger partial charge is 0.220 e. The molecule has 1 fully saturated rings. The summed E-state index contributed by atoms with van der Waals surface area (Å²) in [5.41, 5.74) is 6.43. The van der Waals surface area contributed by atoms with Crippen LogP contribution in [-0.2, 0) is 11.3 Å². The summed E-state index contributed by atoms with van der Waals surface area (Å²) in [7, 11) is 1.77. The van der Waals surface area contributed by atoms with E-state index in [1.807, 2.05) is 6.07 Å². The fourth-order valence-electron chi connectivity index (χ4n) is 3.81. The zero-order chi connectivity index (χ0) is 21.1. The molecule has 0 spiro atoms. The molecule has 0 aromatic carbocycles. The SMILES string of the molecule is CCC(CC)c1cc(CNC(=NC)NCCCCN2CCC(C(N)=O)CC2)on1. The highest BCUT2D eigenvalue weighted by atomic mass is 16.5. The van der Waals surface area contributed by atoms with Crippen LogP contribution in [0, 0.1) is 5.92 Å².